The van der Waals surface area contributed by atoms with Gasteiger partial charge in [0.2, 0.25) is 5.91 Å². The second-order valence-electron chi connectivity index (χ2n) is 6.10. The van der Waals surface area contributed by atoms with Gasteiger partial charge >= 0.3 is 5.97 Å². The van der Waals surface area contributed by atoms with Crippen molar-refractivity contribution in [3.05, 3.63) is 64.7 Å². The molecule has 2 aromatic carbocycles. The summed E-state index contributed by atoms with van der Waals surface area (Å²) in [4.78, 5) is 24.1. The third-order valence-corrected chi connectivity index (χ3v) is 4.41. The molecule has 1 heterocycles. The average Bonchev–Trinajstić information content (AvgIpc) is 3.06. The lowest BCUT2D eigenvalue weighted by Crippen LogP contribution is -2.36. The van der Waals surface area contributed by atoms with Crippen LogP contribution in [0.2, 0.25) is 0 Å². The Morgan fingerprint density at radius 3 is 2.54 bits per heavy atom. The van der Waals surface area contributed by atoms with Gasteiger partial charge in [0.15, 0.2) is 6.04 Å². The third-order valence-electron chi connectivity index (χ3n) is 4.41. The van der Waals surface area contributed by atoms with E-state index in [0.717, 1.165) is 17.7 Å². The van der Waals surface area contributed by atoms with E-state index in [9.17, 15) is 23.5 Å². The van der Waals surface area contributed by atoms with E-state index < -0.39 is 41.0 Å². The van der Waals surface area contributed by atoms with E-state index in [1.54, 1.807) is 18.2 Å². The number of hydrogen-bond acceptors (Lipinski definition) is 3. The fourth-order valence-electron chi connectivity index (χ4n) is 3.00. The zero-order valence-corrected chi connectivity index (χ0v) is 14.0. The first-order valence-corrected chi connectivity index (χ1v) is 8.11. The fourth-order valence-corrected chi connectivity index (χ4v) is 3.00. The van der Waals surface area contributed by atoms with Crippen molar-refractivity contribution in [2.75, 3.05) is 6.61 Å². The van der Waals surface area contributed by atoms with Crippen LogP contribution in [0.25, 0.3) is 0 Å². The molecule has 2 aromatic rings. The van der Waals surface area contributed by atoms with Gasteiger partial charge in [-0.05, 0) is 42.3 Å². The Hall–Kier alpha value is -2.96. The number of ether oxygens (including phenoxy) is 1. The molecule has 26 heavy (non-hydrogen) atoms. The van der Waals surface area contributed by atoms with Gasteiger partial charge in [0, 0.05) is 12.0 Å². The van der Waals surface area contributed by atoms with Crippen molar-refractivity contribution in [3.63, 3.8) is 0 Å². The minimum atomic E-state index is -1.33. The van der Waals surface area contributed by atoms with Gasteiger partial charge in [0.1, 0.15) is 17.4 Å². The molecule has 2 N–H and O–H groups in total. The summed E-state index contributed by atoms with van der Waals surface area (Å²) in [5, 5.41) is 11.9. The molecular formula is C19H17F2NO4. The summed E-state index contributed by atoms with van der Waals surface area (Å²) in [7, 11) is 0. The van der Waals surface area contributed by atoms with Gasteiger partial charge in [-0.25, -0.2) is 13.6 Å². The number of benzene rings is 2. The van der Waals surface area contributed by atoms with E-state index >= 15 is 0 Å². The number of amides is 1. The summed E-state index contributed by atoms with van der Waals surface area (Å²) in [5.41, 5.74) is 0.837. The van der Waals surface area contributed by atoms with Crippen LogP contribution >= 0.6 is 0 Å². The number of nitrogens with one attached hydrogen (secondary N) is 1. The predicted molar refractivity (Wildman–Crippen MR) is 88.9 cm³/mol. The number of hydrogen-bond donors (Lipinski definition) is 2. The van der Waals surface area contributed by atoms with Crippen LogP contribution in [-0.4, -0.2) is 23.6 Å². The summed E-state index contributed by atoms with van der Waals surface area (Å²) in [6, 6.07) is 6.85. The first-order valence-electron chi connectivity index (χ1n) is 8.11. The van der Waals surface area contributed by atoms with Crippen molar-refractivity contribution in [1.29, 1.82) is 0 Å². The summed E-state index contributed by atoms with van der Waals surface area (Å²) in [6.07, 6.45) is 0.653. The largest absolute Gasteiger partial charge is 0.493 e. The SMILES string of the molecule is CC(C(=O)NC(C(=O)O)c1ccc2c(c1)CCO2)c1c(F)cccc1F. The number of carboxylic acids is 1. The summed E-state index contributed by atoms with van der Waals surface area (Å²) in [5.74, 6) is -4.25. The number of carbonyl (C=O) groups is 2. The second kappa shape index (κ2) is 7.11. The van der Waals surface area contributed by atoms with Crippen LogP contribution in [0.1, 0.15) is 35.6 Å². The average molecular weight is 361 g/mol. The van der Waals surface area contributed by atoms with Crippen LogP contribution in [-0.2, 0) is 16.0 Å². The molecule has 0 saturated heterocycles. The predicted octanol–water partition coefficient (Wildman–Crippen LogP) is 2.95. The molecule has 3 rings (SSSR count). The molecular weight excluding hydrogens is 344 g/mol. The molecule has 0 bridgehead atoms. The monoisotopic (exact) mass is 361 g/mol. The van der Waals surface area contributed by atoms with Crippen molar-refractivity contribution in [2.45, 2.75) is 25.3 Å². The molecule has 0 aliphatic carbocycles. The van der Waals surface area contributed by atoms with Gasteiger partial charge in [-0.1, -0.05) is 12.1 Å². The van der Waals surface area contributed by atoms with E-state index in [2.05, 4.69) is 5.32 Å². The molecule has 1 amide bonds. The maximum absolute atomic E-state index is 13.9. The lowest BCUT2D eigenvalue weighted by atomic mass is 9.97. The summed E-state index contributed by atoms with van der Waals surface area (Å²) >= 11 is 0. The molecule has 5 nitrogen and oxygen atoms in total. The quantitative estimate of drug-likeness (QED) is 0.859. The number of carbonyl (C=O) groups excluding carboxylic acids is 1. The number of fused-ring (bicyclic) bond motifs is 1. The van der Waals surface area contributed by atoms with Gasteiger partial charge in [-0.3, -0.25) is 4.79 Å². The molecule has 1 aliphatic rings. The van der Waals surface area contributed by atoms with E-state index in [1.165, 1.54) is 13.0 Å². The molecule has 0 radical (unpaired) electrons. The van der Waals surface area contributed by atoms with Crippen LogP contribution in [0, 0.1) is 11.6 Å². The van der Waals surface area contributed by atoms with E-state index in [4.69, 9.17) is 4.74 Å². The van der Waals surface area contributed by atoms with Crippen LogP contribution < -0.4 is 10.1 Å². The van der Waals surface area contributed by atoms with Crippen molar-refractivity contribution in [3.8, 4) is 5.75 Å². The highest BCUT2D eigenvalue weighted by Crippen LogP contribution is 2.29. The van der Waals surface area contributed by atoms with Crippen LogP contribution in [0.4, 0.5) is 8.78 Å². The minimum absolute atomic E-state index is 0.372. The van der Waals surface area contributed by atoms with Gasteiger partial charge in [-0.2, -0.15) is 0 Å². The number of aliphatic carboxylic acids is 1. The van der Waals surface area contributed by atoms with Crippen LogP contribution in [0.15, 0.2) is 36.4 Å². The second-order valence-corrected chi connectivity index (χ2v) is 6.10. The molecule has 1 aliphatic heterocycles. The Bertz CT molecular complexity index is 848. The Labute approximate surface area is 148 Å². The number of rotatable bonds is 5. The highest BCUT2D eigenvalue weighted by Gasteiger charge is 2.29. The molecule has 7 heteroatoms. The van der Waals surface area contributed by atoms with Gasteiger partial charge in [-0.15, -0.1) is 0 Å². The zero-order chi connectivity index (χ0) is 18.8. The summed E-state index contributed by atoms with van der Waals surface area (Å²) < 4.78 is 33.1. The first kappa shape index (κ1) is 17.8. The van der Waals surface area contributed by atoms with Gasteiger partial charge in [0.25, 0.3) is 0 Å². The number of halogens is 2. The van der Waals surface area contributed by atoms with E-state index in [0.29, 0.717) is 24.3 Å². The van der Waals surface area contributed by atoms with Crippen LogP contribution in [0.3, 0.4) is 0 Å². The molecule has 136 valence electrons. The van der Waals surface area contributed by atoms with Gasteiger partial charge in [0.05, 0.1) is 12.5 Å². The lowest BCUT2D eigenvalue weighted by Gasteiger charge is -2.19. The molecule has 2 unspecified atom stereocenters. The summed E-state index contributed by atoms with van der Waals surface area (Å²) in [6.45, 7) is 1.85. The molecule has 2 atom stereocenters. The van der Waals surface area contributed by atoms with E-state index in [1.807, 2.05) is 0 Å². The zero-order valence-electron chi connectivity index (χ0n) is 14.0. The molecule has 0 saturated carbocycles. The third kappa shape index (κ3) is 3.37. The number of carboxylic acid groups (broad SMARTS) is 1. The Morgan fingerprint density at radius 2 is 1.88 bits per heavy atom. The van der Waals surface area contributed by atoms with Crippen molar-refractivity contribution in [1.82, 2.24) is 5.32 Å². The fraction of sp³-hybridized carbons (Fsp3) is 0.263. The van der Waals surface area contributed by atoms with Gasteiger partial charge < -0.3 is 15.2 Å². The Morgan fingerprint density at radius 1 is 1.19 bits per heavy atom. The minimum Gasteiger partial charge on any atom is -0.493 e. The maximum atomic E-state index is 13.9. The van der Waals surface area contributed by atoms with Crippen molar-refractivity contribution < 1.29 is 28.2 Å². The normalized spacial score (nSPS) is 14.9. The smallest absolute Gasteiger partial charge is 0.330 e. The molecule has 0 spiro atoms. The Kier molecular flexibility index (Phi) is 4.88. The molecule has 0 fully saturated rings. The molecule has 0 aromatic heterocycles. The highest BCUT2D eigenvalue weighted by molar-refractivity contribution is 5.88. The Balaban J connectivity index is 1.84. The van der Waals surface area contributed by atoms with Crippen molar-refractivity contribution in [2.24, 2.45) is 0 Å². The van der Waals surface area contributed by atoms with E-state index in [-0.39, 0.29) is 0 Å². The topological polar surface area (TPSA) is 75.6 Å². The highest BCUT2D eigenvalue weighted by atomic mass is 19.1. The maximum Gasteiger partial charge on any atom is 0.330 e. The first-order chi connectivity index (χ1) is 12.4. The van der Waals surface area contributed by atoms with Crippen LogP contribution in [0.5, 0.6) is 5.75 Å². The lowest BCUT2D eigenvalue weighted by molar-refractivity contribution is -0.142. The standard InChI is InChI=1S/C19H17F2NO4/c1-10(16-13(20)3-2-4-14(16)21)18(23)22-17(19(24)25)12-5-6-15-11(9-12)7-8-26-15/h2-6,9-10,17H,7-8H2,1H3,(H,22,23)(H,24,25). The van der Waals surface area contributed by atoms with Crippen molar-refractivity contribution >= 4 is 11.9 Å².